The number of nitrogens with zero attached hydrogens (tertiary/aromatic N) is 2. The molecule has 0 saturated heterocycles. The molecule has 2 rings (SSSR count). The van der Waals surface area contributed by atoms with E-state index in [1.54, 1.807) is 17.6 Å². The van der Waals surface area contributed by atoms with Gasteiger partial charge in [-0.3, -0.25) is 4.57 Å². The predicted molar refractivity (Wildman–Crippen MR) is 87.8 cm³/mol. The van der Waals surface area contributed by atoms with Crippen molar-refractivity contribution in [2.45, 2.75) is 6.92 Å². The maximum absolute atomic E-state index is 12.2. The molecule has 0 aliphatic heterocycles. The molecule has 1 aromatic carbocycles. The molecule has 108 valence electrons. The minimum atomic E-state index is -0.434. The number of rotatable bonds is 5. The maximum atomic E-state index is 12.2. The highest BCUT2D eigenvalue weighted by Gasteiger charge is 2.23. The number of esters is 1. The molecule has 0 aliphatic carbocycles. The predicted octanol–water partition coefficient (Wildman–Crippen LogP) is 4.23. The second-order valence-electron chi connectivity index (χ2n) is 4.15. The van der Waals surface area contributed by atoms with Crippen molar-refractivity contribution in [1.29, 1.82) is 0 Å². The van der Waals surface area contributed by atoms with Gasteiger partial charge in [-0.2, -0.15) is 0 Å². The molecule has 0 saturated carbocycles. The molecule has 4 nitrogen and oxygen atoms in total. The van der Waals surface area contributed by atoms with Gasteiger partial charge in [-0.15, -0.1) is 0 Å². The van der Waals surface area contributed by atoms with Crippen molar-refractivity contribution in [1.82, 2.24) is 9.55 Å². The lowest BCUT2D eigenvalue weighted by Gasteiger charge is -2.06. The van der Waals surface area contributed by atoms with E-state index in [4.69, 9.17) is 4.74 Å². The van der Waals surface area contributed by atoms with Crippen molar-refractivity contribution in [2.75, 3.05) is 6.61 Å². The number of aromatic nitrogens is 2. The molecule has 0 amide bonds. The van der Waals surface area contributed by atoms with E-state index in [0.717, 1.165) is 10.0 Å². The van der Waals surface area contributed by atoms with E-state index < -0.39 is 5.97 Å². The summed E-state index contributed by atoms with van der Waals surface area (Å²) in [5.74, 6) is 0.113. The lowest BCUT2D eigenvalue weighted by Crippen LogP contribution is -2.11. The van der Waals surface area contributed by atoms with Gasteiger partial charge in [0, 0.05) is 16.2 Å². The lowest BCUT2D eigenvalue weighted by molar-refractivity contribution is 0.0518. The van der Waals surface area contributed by atoms with Crippen molar-refractivity contribution in [2.24, 2.45) is 0 Å². The highest BCUT2D eigenvalue weighted by molar-refractivity contribution is 9.10. The molecular weight excluding hydrogens is 332 g/mol. The number of hydrogen-bond acceptors (Lipinski definition) is 3. The molecule has 2 aromatic rings. The van der Waals surface area contributed by atoms with E-state index in [-0.39, 0.29) is 0 Å². The minimum Gasteiger partial charge on any atom is -0.461 e. The van der Waals surface area contributed by atoms with Crippen LogP contribution in [-0.2, 0) is 4.74 Å². The van der Waals surface area contributed by atoms with Crippen LogP contribution < -0.4 is 0 Å². The maximum Gasteiger partial charge on any atom is 0.357 e. The van der Waals surface area contributed by atoms with Crippen LogP contribution in [0.1, 0.15) is 23.2 Å². The first kappa shape index (κ1) is 15.3. The first-order valence-electron chi connectivity index (χ1n) is 6.42. The fourth-order valence-electron chi connectivity index (χ4n) is 1.98. The van der Waals surface area contributed by atoms with Crippen LogP contribution in [0, 0.1) is 0 Å². The number of ether oxygens (including phenoxy) is 1. The summed E-state index contributed by atoms with van der Waals surface area (Å²) >= 11 is 3.39. The molecular formula is C16H15BrN2O2. The average molecular weight is 347 g/mol. The van der Waals surface area contributed by atoms with Crippen LogP contribution in [0.15, 0.2) is 41.9 Å². The summed E-state index contributed by atoms with van der Waals surface area (Å²) < 4.78 is 7.66. The number of carbonyl (C=O) groups is 1. The van der Waals surface area contributed by atoms with E-state index in [0.29, 0.717) is 23.8 Å². The Labute approximate surface area is 131 Å². The molecule has 0 aliphatic rings. The number of benzene rings is 1. The van der Waals surface area contributed by atoms with Crippen molar-refractivity contribution < 1.29 is 9.53 Å². The Morgan fingerprint density at radius 2 is 2.05 bits per heavy atom. The van der Waals surface area contributed by atoms with Gasteiger partial charge in [0.15, 0.2) is 5.69 Å². The Morgan fingerprint density at radius 3 is 2.57 bits per heavy atom. The second kappa shape index (κ2) is 6.54. The second-order valence-corrected chi connectivity index (χ2v) is 5.07. The molecule has 1 heterocycles. The van der Waals surface area contributed by atoms with Crippen LogP contribution in [0.2, 0.25) is 0 Å². The van der Waals surface area contributed by atoms with Crippen LogP contribution >= 0.6 is 15.9 Å². The molecule has 0 atom stereocenters. The van der Waals surface area contributed by atoms with Crippen LogP contribution in [0.4, 0.5) is 0 Å². The van der Waals surface area contributed by atoms with Gasteiger partial charge in [-0.05, 0) is 25.1 Å². The Kier molecular flexibility index (Phi) is 4.75. The molecule has 0 fully saturated rings. The largest absolute Gasteiger partial charge is 0.461 e. The summed E-state index contributed by atoms with van der Waals surface area (Å²) in [5, 5.41) is 0. The topological polar surface area (TPSA) is 44.1 Å². The van der Waals surface area contributed by atoms with E-state index in [2.05, 4.69) is 34.1 Å². The summed E-state index contributed by atoms with van der Waals surface area (Å²) in [7, 11) is 0. The third kappa shape index (κ3) is 2.97. The van der Waals surface area contributed by atoms with Crippen molar-refractivity contribution in [3.63, 3.8) is 0 Å². The molecule has 0 unspecified atom stereocenters. The van der Waals surface area contributed by atoms with Crippen LogP contribution in [-0.4, -0.2) is 22.1 Å². The van der Waals surface area contributed by atoms with Crippen molar-refractivity contribution in [3.8, 4) is 11.3 Å². The zero-order chi connectivity index (χ0) is 15.4. The molecule has 0 spiro atoms. The zero-order valence-corrected chi connectivity index (χ0v) is 13.3. The van der Waals surface area contributed by atoms with Gasteiger partial charge >= 0.3 is 5.97 Å². The SMILES string of the molecule is C=Cc1nc(-c2ccc(Br)cc2)c(C(=O)OCC)n1C=C. The highest BCUT2D eigenvalue weighted by atomic mass is 79.9. The standard InChI is InChI=1S/C16H15BrN2O2/c1-4-13-18-14(11-7-9-12(17)10-8-11)15(19(13)5-2)16(20)21-6-3/h4-5,7-10H,1-2,6H2,3H3. The molecule has 1 aromatic heterocycles. The van der Waals surface area contributed by atoms with Gasteiger partial charge in [-0.1, -0.05) is 41.2 Å². The smallest absolute Gasteiger partial charge is 0.357 e. The third-order valence-corrected chi connectivity index (χ3v) is 3.42. The number of carbonyl (C=O) groups excluding carboxylic acids is 1. The van der Waals surface area contributed by atoms with E-state index in [1.165, 1.54) is 6.20 Å². The summed E-state index contributed by atoms with van der Waals surface area (Å²) in [6, 6.07) is 7.56. The van der Waals surface area contributed by atoms with Crippen LogP contribution in [0.5, 0.6) is 0 Å². The lowest BCUT2D eigenvalue weighted by atomic mass is 10.1. The molecule has 0 bridgehead atoms. The number of imidazole rings is 1. The normalized spacial score (nSPS) is 10.2. The number of hydrogen-bond donors (Lipinski definition) is 0. The molecule has 21 heavy (non-hydrogen) atoms. The van der Waals surface area contributed by atoms with Gasteiger partial charge < -0.3 is 4.74 Å². The summed E-state index contributed by atoms with van der Waals surface area (Å²) in [4.78, 5) is 16.7. The Hall–Kier alpha value is -2.14. The minimum absolute atomic E-state index is 0.296. The Morgan fingerprint density at radius 1 is 1.38 bits per heavy atom. The average Bonchev–Trinajstić information content (AvgIpc) is 2.86. The van der Waals surface area contributed by atoms with Gasteiger partial charge in [-0.25, -0.2) is 9.78 Å². The zero-order valence-electron chi connectivity index (χ0n) is 11.7. The van der Waals surface area contributed by atoms with E-state index in [9.17, 15) is 4.79 Å². The third-order valence-electron chi connectivity index (χ3n) is 2.89. The Balaban J connectivity index is 2.66. The van der Waals surface area contributed by atoms with Gasteiger partial charge in [0.2, 0.25) is 0 Å². The summed E-state index contributed by atoms with van der Waals surface area (Å²) in [6.45, 7) is 9.50. The fraction of sp³-hybridized carbons (Fsp3) is 0.125. The molecule has 0 radical (unpaired) electrons. The van der Waals surface area contributed by atoms with Gasteiger partial charge in [0.25, 0.3) is 0 Å². The number of halogens is 1. The van der Waals surface area contributed by atoms with Gasteiger partial charge in [0.1, 0.15) is 11.5 Å². The first-order chi connectivity index (χ1) is 10.1. The van der Waals surface area contributed by atoms with Crippen LogP contribution in [0.25, 0.3) is 23.5 Å². The van der Waals surface area contributed by atoms with Crippen molar-refractivity contribution >= 4 is 34.2 Å². The quantitative estimate of drug-likeness (QED) is 0.760. The molecule has 0 N–H and O–H groups in total. The monoisotopic (exact) mass is 346 g/mol. The van der Waals surface area contributed by atoms with E-state index in [1.807, 2.05) is 24.3 Å². The van der Waals surface area contributed by atoms with E-state index >= 15 is 0 Å². The summed E-state index contributed by atoms with van der Waals surface area (Å²) in [5.41, 5.74) is 1.73. The summed E-state index contributed by atoms with van der Waals surface area (Å²) in [6.07, 6.45) is 3.10. The van der Waals surface area contributed by atoms with Gasteiger partial charge in [0.05, 0.1) is 6.61 Å². The van der Waals surface area contributed by atoms with Crippen molar-refractivity contribution in [3.05, 3.63) is 53.4 Å². The Bertz CT molecular complexity index is 687. The molecule has 5 heteroatoms. The fourth-order valence-corrected chi connectivity index (χ4v) is 2.25. The van der Waals surface area contributed by atoms with Crippen LogP contribution in [0.3, 0.4) is 0 Å². The highest BCUT2D eigenvalue weighted by Crippen LogP contribution is 2.27. The first-order valence-corrected chi connectivity index (χ1v) is 7.22.